The second-order valence-electron chi connectivity index (χ2n) is 7.85. The number of thiazole rings is 1. The molecule has 1 amide bonds. The van der Waals surface area contributed by atoms with Gasteiger partial charge in [-0.3, -0.25) is 4.79 Å². The first-order valence-corrected chi connectivity index (χ1v) is 11.4. The number of pyridine rings is 1. The van der Waals surface area contributed by atoms with Crippen LogP contribution in [0.15, 0.2) is 42.7 Å². The normalized spacial score (nSPS) is 14.9. The molecule has 8 heteroatoms. The number of rotatable bonds is 6. The minimum Gasteiger partial charge on any atom is -0.497 e. The van der Waals surface area contributed by atoms with Crippen molar-refractivity contribution >= 4 is 43.6 Å². The van der Waals surface area contributed by atoms with Gasteiger partial charge in [0.15, 0.2) is 5.13 Å². The molecule has 1 aliphatic rings. The smallest absolute Gasteiger partial charge is 0.223 e. The molecular formula is C23H25N5O2S. The number of ether oxygens (including phenoxy) is 1. The lowest BCUT2D eigenvalue weighted by atomic mass is 9.96. The summed E-state index contributed by atoms with van der Waals surface area (Å²) in [7, 11) is 1.67. The first kappa shape index (κ1) is 19.8. The average molecular weight is 436 g/mol. The summed E-state index contributed by atoms with van der Waals surface area (Å²) in [5, 5.41) is 5.28. The Kier molecular flexibility index (Phi) is 5.46. The Bertz CT molecular complexity index is 1180. The van der Waals surface area contributed by atoms with E-state index in [1.165, 1.54) is 5.56 Å². The number of benzene rings is 1. The largest absolute Gasteiger partial charge is 0.497 e. The monoisotopic (exact) mass is 435 g/mol. The molecule has 0 saturated carbocycles. The van der Waals surface area contributed by atoms with Gasteiger partial charge < -0.3 is 19.9 Å². The summed E-state index contributed by atoms with van der Waals surface area (Å²) in [6, 6.07) is 9.91. The number of aromatic amines is 1. The zero-order chi connectivity index (χ0) is 21.2. The van der Waals surface area contributed by atoms with E-state index in [1.807, 2.05) is 36.5 Å². The third-order valence-corrected chi connectivity index (χ3v) is 7.00. The lowest BCUT2D eigenvalue weighted by Crippen LogP contribution is -2.41. The number of aromatic nitrogens is 3. The van der Waals surface area contributed by atoms with Crippen LogP contribution in [0, 0.1) is 5.92 Å². The summed E-state index contributed by atoms with van der Waals surface area (Å²) in [6.07, 6.45) is 6.30. The fourth-order valence-electron chi connectivity index (χ4n) is 4.18. The van der Waals surface area contributed by atoms with Crippen LogP contribution < -0.4 is 15.0 Å². The van der Waals surface area contributed by atoms with E-state index in [2.05, 4.69) is 20.2 Å². The Balaban J connectivity index is 1.13. The molecule has 4 aromatic rings. The third-order valence-electron chi connectivity index (χ3n) is 5.96. The van der Waals surface area contributed by atoms with Gasteiger partial charge in [0.1, 0.15) is 16.1 Å². The van der Waals surface area contributed by atoms with Crippen LogP contribution in [0.1, 0.15) is 18.4 Å². The number of H-pyrrole nitrogens is 1. The predicted octanol–water partition coefficient (Wildman–Crippen LogP) is 3.76. The number of carbonyl (C=O) groups excluding carboxylic acids is 1. The van der Waals surface area contributed by atoms with Gasteiger partial charge in [0.05, 0.1) is 7.11 Å². The van der Waals surface area contributed by atoms with E-state index in [4.69, 9.17) is 9.72 Å². The van der Waals surface area contributed by atoms with Crippen LogP contribution >= 0.6 is 11.3 Å². The van der Waals surface area contributed by atoms with Gasteiger partial charge >= 0.3 is 0 Å². The fourth-order valence-corrected chi connectivity index (χ4v) is 5.14. The number of piperidine rings is 1. The van der Waals surface area contributed by atoms with Crippen molar-refractivity contribution in [2.45, 2.75) is 19.3 Å². The summed E-state index contributed by atoms with van der Waals surface area (Å²) in [6.45, 7) is 2.33. The van der Waals surface area contributed by atoms with Crippen LogP contribution in [-0.4, -0.2) is 47.6 Å². The molecule has 1 saturated heterocycles. The predicted molar refractivity (Wildman–Crippen MR) is 124 cm³/mol. The summed E-state index contributed by atoms with van der Waals surface area (Å²) < 4.78 is 5.33. The van der Waals surface area contributed by atoms with Crippen molar-refractivity contribution in [3.8, 4) is 5.75 Å². The van der Waals surface area contributed by atoms with E-state index < -0.39 is 0 Å². The molecule has 5 rings (SSSR count). The first-order chi connectivity index (χ1) is 15.2. The molecule has 0 unspecified atom stereocenters. The van der Waals surface area contributed by atoms with Gasteiger partial charge in [0.25, 0.3) is 0 Å². The van der Waals surface area contributed by atoms with Gasteiger partial charge in [-0.05, 0) is 55.2 Å². The number of nitrogens with zero attached hydrogens (tertiary/aromatic N) is 3. The van der Waals surface area contributed by atoms with Crippen molar-refractivity contribution in [2.24, 2.45) is 5.92 Å². The molecule has 31 heavy (non-hydrogen) atoms. The van der Waals surface area contributed by atoms with E-state index in [0.717, 1.165) is 64.5 Å². The number of fused-ring (bicyclic) bond motifs is 2. The topological polar surface area (TPSA) is 83.1 Å². The van der Waals surface area contributed by atoms with E-state index in [1.54, 1.807) is 24.6 Å². The summed E-state index contributed by atoms with van der Waals surface area (Å²) in [5.41, 5.74) is 3.21. The lowest BCUT2D eigenvalue weighted by molar-refractivity contribution is -0.125. The molecule has 4 heterocycles. The Morgan fingerprint density at radius 2 is 2.19 bits per heavy atom. The number of amides is 1. The standard InChI is InChI=1S/C23H25N5O2S/c1-30-17-4-5-19-18(13-17)16(14-26-19)6-10-24-21(29)15-7-11-28(12-8-15)23-27-20-3-2-9-25-22(20)31-23/h2-5,9,13-15,26H,6-8,10-12H2,1H3,(H,24,29). The van der Waals surface area contributed by atoms with Gasteiger partial charge in [-0.25, -0.2) is 9.97 Å². The zero-order valence-corrected chi connectivity index (χ0v) is 18.2. The van der Waals surface area contributed by atoms with Crippen LogP contribution in [0.5, 0.6) is 5.75 Å². The molecule has 1 fully saturated rings. The summed E-state index contributed by atoms with van der Waals surface area (Å²) >= 11 is 1.62. The highest BCUT2D eigenvalue weighted by molar-refractivity contribution is 7.21. The minimum atomic E-state index is 0.0619. The average Bonchev–Trinajstić information content (AvgIpc) is 3.43. The SMILES string of the molecule is COc1ccc2[nH]cc(CCNC(=O)C3CCN(c4nc5cccnc5s4)CC3)c2c1. The maximum absolute atomic E-state index is 12.7. The van der Waals surface area contributed by atoms with Crippen LogP contribution in [0.25, 0.3) is 21.3 Å². The van der Waals surface area contributed by atoms with E-state index >= 15 is 0 Å². The molecule has 1 aliphatic heterocycles. The number of hydrogen-bond donors (Lipinski definition) is 2. The fraction of sp³-hybridized carbons (Fsp3) is 0.348. The molecule has 0 radical (unpaired) electrons. The molecule has 0 bridgehead atoms. The zero-order valence-electron chi connectivity index (χ0n) is 17.4. The number of carbonyl (C=O) groups is 1. The molecule has 2 N–H and O–H groups in total. The van der Waals surface area contributed by atoms with Gasteiger partial charge in [0, 0.05) is 48.8 Å². The van der Waals surface area contributed by atoms with Gasteiger partial charge in [-0.15, -0.1) is 0 Å². The Labute approximate surface area is 184 Å². The second kappa shape index (κ2) is 8.55. The van der Waals surface area contributed by atoms with Crippen LogP contribution in [-0.2, 0) is 11.2 Å². The van der Waals surface area contributed by atoms with E-state index in [0.29, 0.717) is 6.54 Å². The van der Waals surface area contributed by atoms with Crippen molar-refractivity contribution in [1.82, 2.24) is 20.3 Å². The lowest BCUT2D eigenvalue weighted by Gasteiger charge is -2.31. The third kappa shape index (κ3) is 4.07. The van der Waals surface area contributed by atoms with Gasteiger partial charge in [-0.1, -0.05) is 11.3 Å². The number of anilines is 1. The summed E-state index contributed by atoms with van der Waals surface area (Å²) in [4.78, 5) is 28.3. The highest BCUT2D eigenvalue weighted by Crippen LogP contribution is 2.30. The Morgan fingerprint density at radius 3 is 3.00 bits per heavy atom. The summed E-state index contributed by atoms with van der Waals surface area (Å²) in [5.74, 6) is 1.06. The van der Waals surface area contributed by atoms with Gasteiger partial charge in [0.2, 0.25) is 5.91 Å². The molecular weight excluding hydrogens is 410 g/mol. The van der Waals surface area contributed by atoms with Crippen LogP contribution in [0.4, 0.5) is 5.13 Å². The minimum absolute atomic E-state index is 0.0619. The first-order valence-electron chi connectivity index (χ1n) is 10.6. The van der Waals surface area contributed by atoms with Crippen molar-refractivity contribution in [2.75, 3.05) is 31.6 Å². The van der Waals surface area contributed by atoms with Crippen LogP contribution in [0.3, 0.4) is 0 Å². The molecule has 160 valence electrons. The second-order valence-corrected chi connectivity index (χ2v) is 8.81. The number of nitrogens with one attached hydrogen (secondary N) is 2. The highest BCUT2D eigenvalue weighted by Gasteiger charge is 2.26. The van der Waals surface area contributed by atoms with Crippen molar-refractivity contribution in [3.63, 3.8) is 0 Å². The van der Waals surface area contributed by atoms with Crippen molar-refractivity contribution in [1.29, 1.82) is 0 Å². The number of hydrogen-bond acceptors (Lipinski definition) is 6. The molecule has 0 aliphatic carbocycles. The van der Waals surface area contributed by atoms with Crippen LogP contribution in [0.2, 0.25) is 0 Å². The van der Waals surface area contributed by atoms with E-state index in [9.17, 15) is 4.79 Å². The van der Waals surface area contributed by atoms with E-state index in [-0.39, 0.29) is 11.8 Å². The highest BCUT2D eigenvalue weighted by atomic mass is 32.1. The molecule has 7 nitrogen and oxygen atoms in total. The van der Waals surface area contributed by atoms with Crippen molar-refractivity contribution < 1.29 is 9.53 Å². The molecule has 1 aromatic carbocycles. The van der Waals surface area contributed by atoms with Gasteiger partial charge in [-0.2, -0.15) is 0 Å². The maximum atomic E-state index is 12.7. The molecule has 0 atom stereocenters. The maximum Gasteiger partial charge on any atom is 0.223 e. The molecule has 0 spiro atoms. The Hall–Kier alpha value is -3.13. The number of methoxy groups -OCH3 is 1. The molecule has 3 aromatic heterocycles. The Morgan fingerprint density at radius 1 is 1.32 bits per heavy atom. The van der Waals surface area contributed by atoms with Crippen molar-refractivity contribution in [3.05, 3.63) is 48.3 Å². The quantitative estimate of drug-likeness (QED) is 0.482.